The van der Waals surface area contributed by atoms with Crippen molar-refractivity contribution in [3.63, 3.8) is 0 Å². The zero-order valence-corrected chi connectivity index (χ0v) is 16.7. The van der Waals surface area contributed by atoms with Gasteiger partial charge in [-0.1, -0.05) is 20.8 Å². The lowest BCUT2D eigenvalue weighted by Gasteiger charge is -2.21. The van der Waals surface area contributed by atoms with Crippen molar-refractivity contribution in [1.82, 2.24) is 10.3 Å². The summed E-state index contributed by atoms with van der Waals surface area (Å²) in [6.07, 6.45) is 1.05. The molecule has 8 heteroatoms. The monoisotopic (exact) mass is 398 g/mol. The van der Waals surface area contributed by atoms with E-state index < -0.39 is 29.1 Å². The molecule has 29 heavy (non-hydrogen) atoms. The standard InChI is InChI=1S/C21H23FN4O3/c1-12(11-23)25-20(29)17-9-14(5-6-24-17)26-19(28)8-13-7-18(27)15(10-16(13)22)21(2,3)4/h5-7,9-10,12,27H,8H2,1-4H3,(H,25,29)(H,24,26,28)/t12-/m1/s1. The molecule has 0 saturated carbocycles. The van der Waals surface area contributed by atoms with Crippen LogP contribution in [-0.2, 0) is 16.6 Å². The highest BCUT2D eigenvalue weighted by molar-refractivity contribution is 5.96. The lowest BCUT2D eigenvalue weighted by molar-refractivity contribution is -0.115. The van der Waals surface area contributed by atoms with Crippen LogP contribution in [0.5, 0.6) is 5.75 Å². The van der Waals surface area contributed by atoms with E-state index in [-0.39, 0.29) is 23.4 Å². The molecule has 0 unspecified atom stereocenters. The van der Waals surface area contributed by atoms with Crippen LogP contribution in [0.4, 0.5) is 10.1 Å². The van der Waals surface area contributed by atoms with Gasteiger partial charge in [-0.05, 0) is 36.6 Å². The molecule has 0 saturated heterocycles. The average molecular weight is 398 g/mol. The Hall–Kier alpha value is -3.47. The molecule has 1 aromatic heterocycles. The largest absolute Gasteiger partial charge is 0.508 e. The Morgan fingerprint density at radius 1 is 1.31 bits per heavy atom. The maximum atomic E-state index is 14.4. The molecule has 0 radical (unpaired) electrons. The van der Waals surface area contributed by atoms with Gasteiger partial charge in [0, 0.05) is 23.0 Å². The van der Waals surface area contributed by atoms with E-state index in [1.165, 1.54) is 37.4 Å². The minimum atomic E-state index is -0.686. The zero-order chi connectivity index (χ0) is 21.8. The molecule has 0 aliphatic carbocycles. The third kappa shape index (κ3) is 5.75. The number of nitrogens with zero attached hydrogens (tertiary/aromatic N) is 2. The molecule has 0 aliphatic heterocycles. The number of carbonyl (C=O) groups is 2. The lowest BCUT2D eigenvalue weighted by Crippen LogP contribution is -2.32. The van der Waals surface area contributed by atoms with Crippen LogP contribution in [0.15, 0.2) is 30.5 Å². The van der Waals surface area contributed by atoms with Crippen molar-refractivity contribution in [2.75, 3.05) is 5.32 Å². The number of aromatic nitrogens is 1. The van der Waals surface area contributed by atoms with Gasteiger partial charge in [0.2, 0.25) is 5.91 Å². The number of aromatic hydroxyl groups is 1. The van der Waals surface area contributed by atoms with Crippen LogP contribution < -0.4 is 10.6 Å². The molecule has 7 nitrogen and oxygen atoms in total. The maximum Gasteiger partial charge on any atom is 0.270 e. The number of phenols is 1. The first kappa shape index (κ1) is 21.8. The fourth-order valence-corrected chi connectivity index (χ4v) is 2.65. The minimum Gasteiger partial charge on any atom is -0.508 e. The summed E-state index contributed by atoms with van der Waals surface area (Å²) in [5.74, 6) is -1.72. The van der Waals surface area contributed by atoms with Gasteiger partial charge in [0.15, 0.2) is 0 Å². The van der Waals surface area contributed by atoms with Crippen LogP contribution in [0.25, 0.3) is 0 Å². The normalized spacial score (nSPS) is 12.0. The van der Waals surface area contributed by atoms with Crippen molar-refractivity contribution in [1.29, 1.82) is 5.26 Å². The number of rotatable bonds is 5. The minimum absolute atomic E-state index is 0.0308. The van der Waals surface area contributed by atoms with Gasteiger partial charge in [-0.3, -0.25) is 14.6 Å². The Bertz CT molecular complexity index is 977. The molecule has 0 aliphatic rings. The highest BCUT2D eigenvalue weighted by Gasteiger charge is 2.21. The smallest absolute Gasteiger partial charge is 0.270 e. The van der Waals surface area contributed by atoms with Gasteiger partial charge in [-0.2, -0.15) is 5.26 Å². The van der Waals surface area contributed by atoms with Gasteiger partial charge in [-0.25, -0.2) is 4.39 Å². The first-order valence-electron chi connectivity index (χ1n) is 8.99. The second-order valence-electron chi connectivity index (χ2n) is 7.69. The van der Waals surface area contributed by atoms with Gasteiger partial charge in [0.05, 0.1) is 12.5 Å². The van der Waals surface area contributed by atoms with E-state index in [9.17, 15) is 19.1 Å². The van der Waals surface area contributed by atoms with Crippen molar-refractivity contribution in [3.05, 3.63) is 53.1 Å². The van der Waals surface area contributed by atoms with E-state index in [0.29, 0.717) is 11.3 Å². The Balaban J connectivity index is 2.12. The third-order valence-electron chi connectivity index (χ3n) is 4.14. The number of nitrogens with one attached hydrogen (secondary N) is 2. The number of carbonyl (C=O) groups excluding carboxylic acids is 2. The molecule has 152 valence electrons. The summed E-state index contributed by atoms with van der Waals surface area (Å²) in [5, 5.41) is 23.9. The van der Waals surface area contributed by atoms with E-state index >= 15 is 0 Å². The molecule has 0 spiro atoms. The maximum absolute atomic E-state index is 14.4. The molecule has 3 N–H and O–H groups in total. The summed E-state index contributed by atoms with van der Waals surface area (Å²) in [7, 11) is 0. The van der Waals surface area contributed by atoms with E-state index in [1.807, 2.05) is 26.8 Å². The number of phenolic OH excluding ortho intramolecular Hbond substituents is 1. The van der Waals surface area contributed by atoms with Crippen LogP contribution in [-0.4, -0.2) is 27.9 Å². The summed E-state index contributed by atoms with van der Waals surface area (Å²) in [5.41, 5.74) is 0.403. The molecule has 0 fully saturated rings. The van der Waals surface area contributed by atoms with Crippen molar-refractivity contribution < 1.29 is 19.1 Å². The molecular weight excluding hydrogens is 375 g/mol. The van der Waals surface area contributed by atoms with Crippen LogP contribution in [0.1, 0.15) is 49.3 Å². The van der Waals surface area contributed by atoms with Crippen molar-refractivity contribution >= 4 is 17.5 Å². The number of halogens is 1. The van der Waals surface area contributed by atoms with Crippen LogP contribution in [0.3, 0.4) is 0 Å². The highest BCUT2D eigenvalue weighted by atomic mass is 19.1. The van der Waals surface area contributed by atoms with Crippen LogP contribution in [0.2, 0.25) is 0 Å². The average Bonchev–Trinajstić information content (AvgIpc) is 2.63. The molecule has 1 heterocycles. The number of amides is 2. The van der Waals surface area contributed by atoms with E-state index in [2.05, 4.69) is 15.6 Å². The molecule has 2 amide bonds. The number of benzene rings is 1. The van der Waals surface area contributed by atoms with Crippen molar-refractivity contribution in [3.8, 4) is 11.8 Å². The van der Waals surface area contributed by atoms with Crippen molar-refractivity contribution in [2.24, 2.45) is 0 Å². The van der Waals surface area contributed by atoms with Gasteiger partial charge in [-0.15, -0.1) is 0 Å². The molecule has 1 atom stereocenters. The molecular formula is C21H23FN4O3. The molecule has 1 aromatic carbocycles. The second-order valence-corrected chi connectivity index (χ2v) is 7.69. The fraction of sp³-hybridized carbons (Fsp3) is 0.333. The Morgan fingerprint density at radius 2 is 2.00 bits per heavy atom. The second kappa shape index (κ2) is 8.69. The van der Waals surface area contributed by atoms with Gasteiger partial charge in [0.25, 0.3) is 5.91 Å². The summed E-state index contributed by atoms with van der Waals surface area (Å²) in [4.78, 5) is 28.2. The van der Waals surface area contributed by atoms with Gasteiger partial charge in [0.1, 0.15) is 23.3 Å². The first-order chi connectivity index (χ1) is 13.5. The van der Waals surface area contributed by atoms with Crippen LogP contribution >= 0.6 is 0 Å². The van der Waals surface area contributed by atoms with Gasteiger partial charge >= 0.3 is 0 Å². The van der Waals surface area contributed by atoms with E-state index in [4.69, 9.17) is 5.26 Å². The SMILES string of the molecule is C[C@H](C#N)NC(=O)c1cc(NC(=O)Cc2cc(O)c(C(C)(C)C)cc2F)ccn1. The number of nitriles is 1. The summed E-state index contributed by atoms with van der Waals surface area (Å²) >= 11 is 0. The van der Waals surface area contributed by atoms with Gasteiger partial charge < -0.3 is 15.7 Å². The number of anilines is 1. The molecule has 0 bridgehead atoms. The number of hydrogen-bond donors (Lipinski definition) is 3. The lowest BCUT2D eigenvalue weighted by atomic mass is 9.85. The predicted molar refractivity (Wildman–Crippen MR) is 106 cm³/mol. The third-order valence-corrected chi connectivity index (χ3v) is 4.14. The van der Waals surface area contributed by atoms with Crippen molar-refractivity contribution in [2.45, 2.75) is 45.6 Å². The zero-order valence-electron chi connectivity index (χ0n) is 16.7. The molecule has 2 aromatic rings. The van der Waals surface area contributed by atoms with E-state index in [0.717, 1.165) is 0 Å². The Kier molecular flexibility index (Phi) is 6.54. The van der Waals surface area contributed by atoms with E-state index in [1.54, 1.807) is 0 Å². The first-order valence-corrected chi connectivity index (χ1v) is 8.99. The predicted octanol–water partition coefficient (Wildman–Crippen LogP) is 3.05. The fourth-order valence-electron chi connectivity index (χ4n) is 2.65. The van der Waals surface area contributed by atoms with Crippen LogP contribution in [0, 0.1) is 17.1 Å². The number of hydrogen-bond acceptors (Lipinski definition) is 5. The Labute approximate surface area is 168 Å². The summed E-state index contributed by atoms with van der Waals surface area (Å²) in [6.45, 7) is 7.08. The molecule has 2 rings (SSSR count). The highest BCUT2D eigenvalue weighted by Crippen LogP contribution is 2.32. The Morgan fingerprint density at radius 3 is 2.62 bits per heavy atom. The number of pyridine rings is 1. The topological polar surface area (TPSA) is 115 Å². The summed E-state index contributed by atoms with van der Waals surface area (Å²) in [6, 6.07) is 6.52. The quantitative estimate of drug-likeness (QED) is 0.716. The summed E-state index contributed by atoms with van der Waals surface area (Å²) < 4.78 is 14.4.